The third-order valence-corrected chi connectivity index (χ3v) is 3.94. The number of rotatable bonds is 6. The van der Waals surface area contributed by atoms with Crippen LogP contribution in [-0.4, -0.2) is 33.8 Å². The maximum absolute atomic E-state index is 13.2. The normalized spacial score (nSPS) is 16.5. The number of urea groups is 1. The molecule has 2 heterocycles. The van der Waals surface area contributed by atoms with Gasteiger partial charge in [-0.25, -0.2) is 9.18 Å². The minimum absolute atomic E-state index is 0.0454. The van der Waals surface area contributed by atoms with Crippen molar-refractivity contribution in [3.05, 3.63) is 65.7 Å². The van der Waals surface area contributed by atoms with E-state index in [0.29, 0.717) is 5.56 Å². The van der Waals surface area contributed by atoms with Crippen molar-refractivity contribution in [3.63, 3.8) is 0 Å². The number of imide groups is 1. The summed E-state index contributed by atoms with van der Waals surface area (Å²) in [5.41, 5.74) is 1.32. The summed E-state index contributed by atoms with van der Waals surface area (Å²) in [4.78, 5) is 41.3. The van der Waals surface area contributed by atoms with Crippen LogP contribution in [-0.2, 0) is 22.7 Å². The predicted octanol–water partition coefficient (Wildman–Crippen LogP) is 1.35. The average Bonchev–Trinajstić information content (AvgIpc) is 2.88. The van der Waals surface area contributed by atoms with E-state index < -0.39 is 23.8 Å². The topological polar surface area (TPSA) is 91.4 Å². The summed E-state index contributed by atoms with van der Waals surface area (Å²) in [6.07, 6.45) is 3.10. The van der Waals surface area contributed by atoms with Crippen molar-refractivity contribution in [2.24, 2.45) is 0 Å². The second-order valence-electron chi connectivity index (χ2n) is 5.90. The first-order valence-corrected chi connectivity index (χ1v) is 8.05. The van der Waals surface area contributed by atoms with Gasteiger partial charge in [0.2, 0.25) is 5.91 Å². The molecule has 1 atom stereocenters. The van der Waals surface area contributed by atoms with Gasteiger partial charge in [0.25, 0.3) is 5.91 Å². The van der Waals surface area contributed by atoms with Crippen LogP contribution in [0.1, 0.15) is 17.5 Å². The van der Waals surface area contributed by atoms with Crippen LogP contribution in [0.4, 0.5) is 9.18 Å². The standard InChI is InChI=1S/C18H17FN4O3/c19-14-5-1-3-12(7-14)11-23-17(25)15(22-18(23)26)8-16(24)21-10-13-4-2-6-20-9-13/h1-7,9,15H,8,10-11H2,(H,21,24)(H,22,26)/t15-/m1/s1. The first-order chi connectivity index (χ1) is 12.5. The predicted molar refractivity (Wildman–Crippen MR) is 90.0 cm³/mol. The van der Waals surface area contributed by atoms with E-state index in [1.807, 2.05) is 6.07 Å². The highest BCUT2D eigenvalue weighted by atomic mass is 19.1. The monoisotopic (exact) mass is 356 g/mol. The molecule has 26 heavy (non-hydrogen) atoms. The number of benzene rings is 1. The number of carbonyl (C=O) groups is 3. The van der Waals surface area contributed by atoms with Crippen LogP contribution in [0.2, 0.25) is 0 Å². The van der Waals surface area contributed by atoms with Gasteiger partial charge in [-0.3, -0.25) is 19.5 Å². The molecular formula is C18H17FN4O3. The molecule has 1 aliphatic heterocycles. The molecule has 1 aliphatic rings. The molecule has 0 saturated carbocycles. The van der Waals surface area contributed by atoms with Gasteiger partial charge in [-0.2, -0.15) is 0 Å². The lowest BCUT2D eigenvalue weighted by atomic mass is 10.1. The van der Waals surface area contributed by atoms with Crippen LogP contribution < -0.4 is 10.6 Å². The average molecular weight is 356 g/mol. The highest BCUT2D eigenvalue weighted by molar-refractivity contribution is 6.05. The molecule has 0 bridgehead atoms. The third kappa shape index (κ3) is 4.21. The number of hydrogen-bond acceptors (Lipinski definition) is 4. The number of carbonyl (C=O) groups excluding carboxylic acids is 3. The van der Waals surface area contributed by atoms with Crippen molar-refractivity contribution in [2.75, 3.05) is 0 Å². The smallest absolute Gasteiger partial charge is 0.325 e. The summed E-state index contributed by atoms with van der Waals surface area (Å²) in [6, 6.07) is 7.72. The molecule has 2 aromatic rings. The summed E-state index contributed by atoms with van der Waals surface area (Å²) in [6.45, 7) is 0.241. The molecule has 1 aromatic carbocycles. The SMILES string of the molecule is O=C(C[C@H]1NC(=O)N(Cc2cccc(F)c2)C1=O)NCc1cccnc1. The summed E-state index contributed by atoms with van der Waals surface area (Å²) in [7, 11) is 0. The zero-order valence-corrected chi connectivity index (χ0v) is 13.8. The lowest BCUT2D eigenvalue weighted by Gasteiger charge is -2.13. The quantitative estimate of drug-likeness (QED) is 0.765. The third-order valence-electron chi connectivity index (χ3n) is 3.94. The minimum Gasteiger partial charge on any atom is -0.352 e. The fraction of sp³-hybridized carbons (Fsp3) is 0.222. The Morgan fingerprint density at radius 1 is 1.23 bits per heavy atom. The summed E-state index contributed by atoms with van der Waals surface area (Å²) >= 11 is 0. The Morgan fingerprint density at radius 2 is 2.04 bits per heavy atom. The van der Waals surface area contributed by atoms with E-state index in [4.69, 9.17) is 0 Å². The fourth-order valence-corrected chi connectivity index (χ4v) is 2.64. The molecule has 3 rings (SSSR count). The number of nitrogens with zero attached hydrogens (tertiary/aromatic N) is 2. The fourth-order valence-electron chi connectivity index (χ4n) is 2.64. The zero-order chi connectivity index (χ0) is 18.5. The number of halogens is 1. The van der Waals surface area contributed by atoms with Gasteiger partial charge in [0.1, 0.15) is 11.9 Å². The number of aromatic nitrogens is 1. The van der Waals surface area contributed by atoms with Crippen LogP contribution in [0.25, 0.3) is 0 Å². The molecule has 1 fully saturated rings. The number of hydrogen-bond donors (Lipinski definition) is 2. The molecular weight excluding hydrogens is 339 g/mol. The van der Waals surface area contributed by atoms with Crippen molar-refractivity contribution in [3.8, 4) is 0 Å². The second-order valence-corrected chi connectivity index (χ2v) is 5.90. The van der Waals surface area contributed by atoms with Crippen molar-refractivity contribution >= 4 is 17.8 Å². The van der Waals surface area contributed by atoms with E-state index in [1.54, 1.807) is 24.5 Å². The first kappa shape index (κ1) is 17.5. The van der Waals surface area contributed by atoms with Crippen molar-refractivity contribution < 1.29 is 18.8 Å². The number of amides is 4. The highest BCUT2D eigenvalue weighted by Gasteiger charge is 2.38. The van der Waals surface area contributed by atoms with E-state index in [2.05, 4.69) is 15.6 Å². The Labute approximate surface area is 149 Å². The molecule has 0 unspecified atom stereocenters. The lowest BCUT2D eigenvalue weighted by molar-refractivity contribution is -0.131. The van der Waals surface area contributed by atoms with Crippen LogP contribution in [0.3, 0.4) is 0 Å². The minimum atomic E-state index is -0.926. The van der Waals surface area contributed by atoms with E-state index in [0.717, 1.165) is 10.5 Å². The van der Waals surface area contributed by atoms with E-state index in [-0.39, 0.29) is 25.4 Å². The van der Waals surface area contributed by atoms with E-state index in [1.165, 1.54) is 18.2 Å². The number of pyridine rings is 1. The largest absolute Gasteiger partial charge is 0.352 e. The molecule has 134 valence electrons. The molecule has 0 radical (unpaired) electrons. The van der Waals surface area contributed by atoms with Crippen LogP contribution in [0, 0.1) is 5.82 Å². The molecule has 8 heteroatoms. The second kappa shape index (κ2) is 7.73. The molecule has 4 amide bonds. The maximum Gasteiger partial charge on any atom is 0.325 e. The van der Waals surface area contributed by atoms with Gasteiger partial charge in [0, 0.05) is 18.9 Å². The Bertz CT molecular complexity index is 828. The van der Waals surface area contributed by atoms with Crippen LogP contribution in [0.15, 0.2) is 48.8 Å². The van der Waals surface area contributed by atoms with Crippen LogP contribution >= 0.6 is 0 Å². The van der Waals surface area contributed by atoms with Crippen LogP contribution in [0.5, 0.6) is 0 Å². The van der Waals surface area contributed by atoms with E-state index >= 15 is 0 Å². The van der Waals surface area contributed by atoms with Gasteiger partial charge in [-0.15, -0.1) is 0 Å². The highest BCUT2D eigenvalue weighted by Crippen LogP contribution is 2.15. The molecule has 0 aliphatic carbocycles. The Balaban J connectivity index is 1.55. The van der Waals surface area contributed by atoms with Gasteiger partial charge >= 0.3 is 6.03 Å². The lowest BCUT2D eigenvalue weighted by Crippen LogP contribution is -2.36. The Kier molecular flexibility index (Phi) is 5.21. The van der Waals surface area contributed by atoms with Gasteiger partial charge in [-0.05, 0) is 29.3 Å². The van der Waals surface area contributed by atoms with Gasteiger partial charge in [0.05, 0.1) is 13.0 Å². The van der Waals surface area contributed by atoms with Gasteiger partial charge in [0.15, 0.2) is 0 Å². The molecule has 1 saturated heterocycles. The Morgan fingerprint density at radius 3 is 2.77 bits per heavy atom. The molecule has 1 aromatic heterocycles. The van der Waals surface area contributed by atoms with Crippen molar-refractivity contribution in [1.82, 2.24) is 20.5 Å². The molecule has 2 N–H and O–H groups in total. The van der Waals surface area contributed by atoms with Crippen molar-refractivity contribution in [1.29, 1.82) is 0 Å². The van der Waals surface area contributed by atoms with E-state index in [9.17, 15) is 18.8 Å². The summed E-state index contributed by atoms with van der Waals surface area (Å²) < 4.78 is 13.2. The van der Waals surface area contributed by atoms with Gasteiger partial charge < -0.3 is 10.6 Å². The summed E-state index contributed by atoms with van der Waals surface area (Å²) in [5.74, 6) is -1.31. The zero-order valence-electron chi connectivity index (χ0n) is 13.8. The Hall–Kier alpha value is -3.29. The summed E-state index contributed by atoms with van der Waals surface area (Å²) in [5, 5.41) is 5.17. The first-order valence-electron chi connectivity index (χ1n) is 8.05. The molecule has 7 nitrogen and oxygen atoms in total. The number of nitrogens with one attached hydrogen (secondary N) is 2. The van der Waals surface area contributed by atoms with Crippen molar-refractivity contribution in [2.45, 2.75) is 25.6 Å². The molecule has 0 spiro atoms. The maximum atomic E-state index is 13.2. The van der Waals surface area contributed by atoms with Gasteiger partial charge in [-0.1, -0.05) is 18.2 Å².